The summed E-state index contributed by atoms with van der Waals surface area (Å²) in [6.45, 7) is 1.93. The van der Waals surface area contributed by atoms with Gasteiger partial charge in [-0.2, -0.15) is 0 Å². The van der Waals surface area contributed by atoms with Crippen molar-refractivity contribution in [3.8, 4) is 0 Å². The first-order valence-corrected chi connectivity index (χ1v) is 14.8. The van der Waals surface area contributed by atoms with Crippen LogP contribution >= 0.6 is 24.7 Å². The molecular formula is C16H37B2O12P3. The summed E-state index contributed by atoms with van der Waals surface area (Å²) in [6, 6.07) is -0.649. The van der Waals surface area contributed by atoms with Crippen LogP contribution in [0.2, 0.25) is 6.32 Å². The molecule has 1 aliphatic rings. The molecule has 0 aliphatic carbocycles. The number of aliphatic hydroxyl groups excluding tert-OH is 1. The number of phosphoric acid groups is 1. The summed E-state index contributed by atoms with van der Waals surface area (Å²) in [5, 5.41) is 10.5. The SMILES string of the molecule is BCC(O[PH](=O)OCC1OC(B)C(O)C1OP(=O)(OC)OCC(OC)PC)C(COC)OC. The number of aliphatic hydroxyl groups is 1. The largest absolute Gasteiger partial charge is 0.475 e. The van der Waals surface area contributed by atoms with E-state index < -0.39 is 52.6 Å². The number of phosphoric ester groups is 1. The van der Waals surface area contributed by atoms with E-state index in [-0.39, 0.29) is 25.7 Å². The lowest BCUT2D eigenvalue weighted by atomic mass is 9.93. The lowest BCUT2D eigenvalue weighted by Gasteiger charge is -2.26. The van der Waals surface area contributed by atoms with Gasteiger partial charge in [0.25, 0.3) is 0 Å². The highest BCUT2D eigenvalue weighted by atomic mass is 31.2. The molecule has 1 aliphatic heterocycles. The Labute approximate surface area is 200 Å². The molecule has 33 heavy (non-hydrogen) atoms. The van der Waals surface area contributed by atoms with Gasteiger partial charge < -0.3 is 33.1 Å². The minimum Gasteiger partial charge on any atom is -0.388 e. The molecule has 0 aromatic rings. The maximum atomic E-state index is 12.9. The fraction of sp³-hybridized carbons (Fsp3) is 1.00. The molecule has 0 aromatic heterocycles. The first kappa shape index (κ1) is 31.6. The van der Waals surface area contributed by atoms with E-state index >= 15 is 0 Å². The van der Waals surface area contributed by atoms with Gasteiger partial charge in [0.05, 0.1) is 37.8 Å². The van der Waals surface area contributed by atoms with Crippen LogP contribution in [0.3, 0.4) is 0 Å². The van der Waals surface area contributed by atoms with Crippen LogP contribution in [-0.4, -0.2) is 118 Å². The predicted octanol–water partition coefficient (Wildman–Crippen LogP) is -0.353. The van der Waals surface area contributed by atoms with Crippen LogP contribution in [0, 0.1) is 0 Å². The van der Waals surface area contributed by atoms with Gasteiger partial charge in [0.15, 0.2) is 0 Å². The number of hydrogen-bond acceptors (Lipinski definition) is 12. The predicted molar refractivity (Wildman–Crippen MR) is 130 cm³/mol. The van der Waals surface area contributed by atoms with Crippen LogP contribution in [0.4, 0.5) is 0 Å². The van der Waals surface area contributed by atoms with Crippen LogP contribution in [0.15, 0.2) is 0 Å². The van der Waals surface area contributed by atoms with Gasteiger partial charge in [-0.15, -0.1) is 0 Å². The summed E-state index contributed by atoms with van der Waals surface area (Å²) in [5.74, 6) is -0.275. The molecule has 1 N–H and O–H groups in total. The molecule has 0 radical (unpaired) electrons. The van der Waals surface area contributed by atoms with E-state index in [9.17, 15) is 14.2 Å². The molecule has 12 nitrogen and oxygen atoms in total. The van der Waals surface area contributed by atoms with Crippen molar-refractivity contribution in [2.24, 2.45) is 0 Å². The van der Waals surface area contributed by atoms with Crippen molar-refractivity contribution in [3.05, 3.63) is 0 Å². The third-order valence-corrected chi connectivity index (χ3v) is 8.46. The zero-order valence-corrected chi connectivity index (χ0v) is 23.1. The standard InChI is InChI=1S/C16H37B2O12P3/c1-22-7-11(23-2)10(6-17)29-32(20)26-8-12-15(14(19)16(18)28-12)30-33(21,25-4)27-9-13(24-3)31-5/h10-16,19,31-32H,6-9,17-18H2,1-5H3. The Balaban J connectivity index is 2.74. The van der Waals surface area contributed by atoms with E-state index in [4.69, 9.17) is 41.6 Å². The highest BCUT2D eigenvalue weighted by Gasteiger charge is 2.47. The molecule has 17 heteroatoms. The third kappa shape index (κ3) is 10.3. The Morgan fingerprint density at radius 2 is 1.88 bits per heavy atom. The van der Waals surface area contributed by atoms with Crippen molar-refractivity contribution in [2.45, 2.75) is 48.7 Å². The highest BCUT2D eigenvalue weighted by molar-refractivity contribution is 7.48. The summed E-state index contributed by atoms with van der Waals surface area (Å²) < 4.78 is 73.4. The van der Waals surface area contributed by atoms with Crippen LogP contribution in [-0.2, 0) is 50.7 Å². The second-order valence-electron chi connectivity index (χ2n) is 7.23. The van der Waals surface area contributed by atoms with Gasteiger partial charge in [-0.25, -0.2) is 4.57 Å². The number of rotatable bonds is 18. The first-order chi connectivity index (χ1) is 15.7. The van der Waals surface area contributed by atoms with Crippen LogP contribution < -0.4 is 0 Å². The Morgan fingerprint density at radius 1 is 1.18 bits per heavy atom. The molecule has 10 atom stereocenters. The van der Waals surface area contributed by atoms with Gasteiger partial charge in [-0.3, -0.25) is 18.1 Å². The molecule has 0 bridgehead atoms. The van der Waals surface area contributed by atoms with Crippen molar-refractivity contribution in [1.29, 1.82) is 0 Å². The van der Waals surface area contributed by atoms with Gasteiger partial charge >= 0.3 is 16.1 Å². The van der Waals surface area contributed by atoms with Crippen molar-refractivity contribution in [2.75, 3.05) is 54.9 Å². The Bertz CT molecular complexity index is 617. The van der Waals surface area contributed by atoms with Crippen molar-refractivity contribution in [1.82, 2.24) is 0 Å². The lowest BCUT2D eigenvalue weighted by molar-refractivity contribution is -0.0408. The summed E-state index contributed by atoms with van der Waals surface area (Å²) in [6.07, 6.45) is -3.52. The molecular weight excluding hydrogens is 499 g/mol. The molecule has 1 saturated heterocycles. The molecule has 194 valence electrons. The average molecular weight is 536 g/mol. The maximum absolute atomic E-state index is 12.9. The third-order valence-electron chi connectivity index (χ3n) is 5.10. The van der Waals surface area contributed by atoms with E-state index in [2.05, 4.69) is 0 Å². The van der Waals surface area contributed by atoms with Gasteiger partial charge in [0.2, 0.25) is 0 Å². The molecule has 1 fully saturated rings. The summed E-state index contributed by atoms with van der Waals surface area (Å²) in [4.78, 5) is 0. The van der Waals surface area contributed by atoms with Gasteiger partial charge in [0, 0.05) is 28.4 Å². The molecule has 0 amide bonds. The second kappa shape index (κ2) is 16.4. The zero-order valence-electron chi connectivity index (χ0n) is 20.3. The van der Waals surface area contributed by atoms with E-state index in [1.807, 2.05) is 14.5 Å². The molecule has 0 aromatic carbocycles. The highest BCUT2D eigenvalue weighted by Crippen LogP contribution is 2.52. The minimum absolute atomic E-state index is 0.0148. The fourth-order valence-corrected chi connectivity index (χ4v) is 5.80. The minimum atomic E-state index is -4.03. The fourth-order valence-electron chi connectivity index (χ4n) is 3.11. The number of hydrogen-bond donors (Lipinski definition) is 1. The quantitative estimate of drug-likeness (QED) is 0.181. The summed E-state index contributed by atoms with van der Waals surface area (Å²) in [7, 11) is 2.63. The van der Waals surface area contributed by atoms with E-state index in [0.717, 1.165) is 0 Å². The molecule has 0 spiro atoms. The van der Waals surface area contributed by atoms with Crippen LogP contribution in [0.1, 0.15) is 0 Å². The molecule has 1 rings (SSSR count). The number of methoxy groups -OCH3 is 3. The smallest absolute Gasteiger partial charge is 0.388 e. The van der Waals surface area contributed by atoms with E-state index in [0.29, 0.717) is 14.9 Å². The summed E-state index contributed by atoms with van der Waals surface area (Å²) >= 11 is 0. The van der Waals surface area contributed by atoms with Crippen LogP contribution in [0.5, 0.6) is 0 Å². The molecule has 0 saturated carbocycles. The van der Waals surface area contributed by atoms with Crippen molar-refractivity contribution < 1.29 is 55.8 Å². The first-order valence-electron chi connectivity index (χ1n) is 10.6. The Hall–Kier alpha value is 0.620. The average Bonchev–Trinajstić information content (AvgIpc) is 3.07. The van der Waals surface area contributed by atoms with E-state index in [1.54, 1.807) is 7.85 Å². The second-order valence-corrected chi connectivity index (χ2v) is 11.2. The monoisotopic (exact) mass is 536 g/mol. The van der Waals surface area contributed by atoms with Gasteiger partial charge in [-0.05, 0) is 6.66 Å². The van der Waals surface area contributed by atoms with Gasteiger partial charge in [-0.1, -0.05) is 14.9 Å². The topological polar surface area (TPSA) is 137 Å². The summed E-state index contributed by atoms with van der Waals surface area (Å²) in [5.41, 5.74) is 0. The van der Waals surface area contributed by atoms with Crippen molar-refractivity contribution in [3.63, 3.8) is 0 Å². The zero-order chi connectivity index (χ0) is 25.0. The van der Waals surface area contributed by atoms with E-state index in [1.165, 1.54) is 28.4 Å². The normalized spacial score (nSPS) is 29.2. The maximum Gasteiger partial charge on any atom is 0.475 e. The Morgan fingerprint density at radius 3 is 2.39 bits per heavy atom. The Kier molecular flexibility index (Phi) is 15.7. The molecule has 10 unspecified atom stereocenters. The molecule has 1 heterocycles. The number of ether oxygens (including phenoxy) is 4. The lowest BCUT2D eigenvalue weighted by Crippen LogP contribution is -2.37. The van der Waals surface area contributed by atoms with Crippen molar-refractivity contribution >= 4 is 40.4 Å². The van der Waals surface area contributed by atoms with Gasteiger partial charge in [0.1, 0.15) is 40.1 Å². The van der Waals surface area contributed by atoms with Crippen LogP contribution in [0.25, 0.3) is 0 Å².